The van der Waals surface area contributed by atoms with E-state index >= 15 is 0 Å². The first-order valence-corrected chi connectivity index (χ1v) is 5.22. The second kappa shape index (κ2) is 4.65. The van der Waals surface area contributed by atoms with E-state index in [0.717, 1.165) is 6.54 Å². The van der Waals surface area contributed by atoms with E-state index in [0.29, 0.717) is 5.69 Å². The zero-order chi connectivity index (χ0) is 12.3. The number of aromatic amines is 1. The van der Waals surface area contributed by atoms with Crippen molar-refractivity contribution in [1.82, 2.24) is 14.8 Å². The summed E-state index contributed by atoms with van der Waals surface area (Å²) in [6, 6.07) is 4.43. The first kappa shape index (κ1) is 11.1. The largest absolute Gasteiger partial charge is 0.318 e. The van der Waals surface area contributed by atoms with Gasteiger partial charge in [-0.05, 0) is 13.0 Å². The molecule has 0 bridgehead atoms. The molecule has 2 aromatic rings. The van der Waals surface area contributed by atoms with E-state index < -0.39 is 0 Å². The number of pyridine rings is 1. The van der Waals surface area contributed by atoms with Crippen LogP contribution >= 0.6 is 0 Å². The summed E-state index contributed by atoms with van der Waals surface area (Å²) in [4.78, 5) is 25.2. The highest BCUT2D eigenvalue weighted by Crippen LogP contribution is 2.06. The standard InChI is InChI=1S/C11H12N4O2/c1-2-15-7-8(6-12-15)13-11(17)9-4-3-5-10(16)14-9/h3-7H,2H2,1H3,(H,13,17)(H,14,16). The molecule has 0 spiro atoms. The van der Waals surface area contributed by atoms with Gasteiger partial charge < -0.3 is 10.3 Å². The molecular formula is C11H12N4O2. The quantitative estimate of drug-likeness (QED) is 0.823. The third-order valence-electron chi connectivity index (χ3n) is 2.23. The Balaban J connectivity index is 2.14. The van der Waals surface area contributed by atoms with Crippen molar-refractivity contribution in [3.8, 4) is 0 Å². The van der Waals surface area contributed by atoms with Crippen LogP contribution in [0.4, 0.5) is 5.69 Å². The van der Waals surface area contributed by atoms with Gasteiger partial charge in [-0.25, -0.2) is 0 Å². The van der Waals surface area contributed by atoms with Gasteiger partial charge >= 0.3 is 0 Å². The highest BCUT2D eigenvalue weighted by atomic mass is 16.2. The topological polar surface area (TPSA) is 79.8 Å². The summed E-state index contributed by atoms with van der Waals surface area (Å²) in [5.74, 6) is -0.363. The van der Waals surface area contributed by atoms with Gasteiger partial charge in [-0.3, -0.25) is 14.3 Å². The van der Waals surface area contributed by atoms with Crippen molar-refractivity contribution in [1.29, 1.82) is 0 Å². The Morgan fingerprint density at radius 2 is 2.35 bits per heavy atom. The molecule has 0 saturated heterocycles. The van der Waals surface area contributed by atoms with Crippen LogP contribution in [0.2, 0.25) is 0 Å². The molecular weight excluding hydrogens is 220 g/mol. The number of aromatic nitrogens is 3. The minimum Gasteiger partial charge on any atom is -0.318 e. The van der Waals surface area contributed by atoms with Crippen molar-refractivity contribution >= 4 is 11.6 Å². The monoisotopic (exact) mass is 232 g/mol. The van der Waals surface area contributed by atoms with Gasteiger partial charge in [0.25, 0.3) is 5.91 Å². The van der Waals surface area contributed by atoms with Crippen LogP contribution in [0.5, 0.6) is 0 Å². The fourth-order valence-corrected chi connectivity index (χ4v) is 1.38. The summed E-state index contributed by atoms with van der Waals surface area (Å²) in [5, 5.41) is 6.68. The van der Waals surface area contributed by atoms with Crippen LogP contribution in [0.3, 0.4) is 0 Å². The first-order valence-electron chi connectivity index (χ1n) is 5.22. The summed E-state index contributed by atoms with van der Waals surface area (Å²) in [6.45, 7) is 2.69. The Hall–Kier alpha value is -2.37. The molecule has 6 heteroatoms. The van der Waals surface area contributed by atoms with Crippen LogP contribution in [0, 0.1) is 0 Å². The van der Waals surface area contributed by atoms with E-state index in [4.69, 9.17) is 0 Å². The summed E-state index contributed by atoms with van der Waals surface area (Å²) in [5.41, 5.74) is 0.519. The molecule has 1 amide bonds. The smallest absolute Gasteiger partial charge is 0.272 e. The van der Waals surface area contributed by atoms with Crippen LogP contribution in [0.25, 0.3) is 0 Å². The summed E-state index contributed by atoms with van der Waals surface area (Å²) in [6.07, 6.45) is 3.28. The average molecular weight is 232 g/mol. The molecule has 17 heavy (non-hydrogen) atoms. The lowest BCUT2D eigenvalue weighted by molar-refractivity contribution is 0.102. The lowest BCUT2D eigenvalue weighted by Crippen LogP contribution is -2.17. The van der Waals surface area contributed by atoms with E-state index in [9.17, 15) is 9.59 Å². The molecule has 0 aliphatic rings. The molecule has 88 valence electrons. The number of carbonyl (C=O) groups is 1. The van der Waals surface area contributed by atoms with E-state index in [2.05, 4.69) is 15.4 Å². The second-order valence-electron chi connectivity index (χ2n) is 3.47. The van der Waals surface area contributed by atoms with Crippen LogP contribution < -0.4 is 10.9 Å². The second-order valence-corrected chi connectivity index (χ2v) is 3.47. The van der Waals surface area contributed by atoms with Gasteiger partial charge in [0.15, 0.2) is 0 Å². The van der Waals surface area contributed by atoms with E-state index in [1.165, 1.54) is 12.1 Å². The number of aryl methyl sites for hydroxylation is 1. The molecule has 0 aliphatic heterocycles. The Morgan fingerprint density at radius 3 is 3.00 bits per heavy atom. The average Bonchev–Trinajstić information content (AvgIpc) is 2.77. The molecule has 2 heterocycles. The van der Waals surface area contributed by atoms with Gasteiger partial charge in [0, 0.05) is 18.8 Å². The molecule has 0 atom stereocenters. The third kappa shape index (κ3) is 2.60. The number of hydrogen-bond acceptors (Lipinski definition) is 3. The van der Waals surface area contributed by atoms with Crippen LogP contribution in [0.15, 0.2) is 35.4 Å². The number of hydrogen-bond donors (Lipinski definition) is 2. The van der Waals surface area contributed by atoms with Gasteiger partial charge in [-0.1, -0.05) is 6.07 Å². The van der Waals surface area contributed by atoms with Crippen molar-refractivity contribution < 1.29 is 4.79 Å². The molecule has 2 N–H and O–H groups in total. The SMILES string of the molecule is CCn1cc(NC(=O)c2cccc(=O)[nH]2)cn1. The van der Waals surface area contributed by atoms with Crippen molar-refractivity contribution in [2.75, 3.05) is 5.32 Å². The number of nitrogens with zero attached hydrogens (tertiary/aromatic N) is 2. The summed E-state index contributed by atoms with van der Waals surface area (Å²) < 4.78 is 1.70. The molecule has 2 rings (SSSR count). The number of carbonyl (C=O) groups excluding carboxylic acids is 1. The van der Waals surface area contributed by atoms with Gasteiger partial charge in [0.2, 0.25) is 5.56 Å². The Morgan fingerprint density at radius 1 is 1.53 bits per heavy atom. The van der Waals surface area contributed by atoms with Gasteiger partial charge in [0.05, 0.1) is 11.9 Å². The lowest BCUT2D eigenvalue weighted by Gasteiger charge is -2.01. The van der Waals surface area contributed by atoms with Crippen LogP contribution in [-0.4, -0.2) is 20.7 Å². The molecule has 0 fully saturated rings. The minimum atomic E-state index is -0.363. The maximum atomic E-state index is 11.7. The molecule has 2 aromatic heterocycles. The molecule has 0 saturated carbocycles. The maximum Gasteiger partial charge on any atom is 0.272 e. The predicted molar refractivity (Wildman–Crippen MR) is 62.9 cm³/mol. The summed E-state index contributed by atoms with van der Waals surface area (Å²) >= 11 is 0. The highest BCUT2D eigenvalue weighted by molar-refractivity contribution is 6.02. The van der Waals surface area contributed by atoms with E-state index in [1.807, 2.05) is 6.92 Å². The number of H-pyrrole nitrogens is 1. The third-order valence-corrected chi connectivity index (χ3v) is 2.23. The number of amides is 1. The number of anilines is 1. The maximum absolute atomic E-state index is 11.7. The Labute approximate surface area is 97.3 Å². The molecule has 0 unspecified atom stereocenters. The highest BCUT2D eigenvalue weighted by Gasteiger charge is 2.07. The predicted octanol–water partition coefficient (Wildman–Crippen LogP) is 0.844. The van der Waals surface area contributed by atoms with E-state index in [-0.39, 0.29) is 17.2 Å². The zero-order valence-electron chi connectivity index (χ0n) is 9.30. The first-order chi connectivity index (χ1) is 8.19. The van der Waals surface area contributed by atoms with Crippen LogP contribution in [-0.2, 0) is 6.54 Å². The van der Waals surface area contributed by atoms with Gasteiger partial charge in [0.1, 0.15) is 5.69 Å². The number of rotatable bonds is 3. The Kier molecular flexibility index (Phi) is 3.04. The molecule has 0 radical (unpaired) electrons. The molecule has 0 aliphatic carbocycles. The van der Waals surface area contributed by atoms with E-state index in [1.54, 1.807) is 23.1 Å². The zero-order valence-corrected chi connectivity index (χ0v) is 9.30. The fraction of sp³-hybridized carbons (Fsp3) is 0.182. The van der Waals surface area contributed by atoms with Gasteiger partial charge in [-0.15, -0.1) is 0 Å². The van der Waals surface area contributed by atoms with Crippen molar-refractivity contribution in [2.45, 2.75) is 13.5 Å². The number of nitrogens with one attached hydrogen (secondary N) is 2. The van der Waals surface area contributed by atoms with Gasteiger partial charge in [-0.2, -0.15) is 5.10 Å². The minimum absolute atomic E-state index is 0.224. The van der Waals surface area contributed by atoms with Crippen molar-refractivity contribution in [2.24, 2.45) is 0 Å². The normalized spacial score (nSPS) is 10.2. The molecule has 6 nitrogen and oxygen atoms in total. The van der Waals surface area contributed by atoms with Crippen LogP contribution in [0.1, 0.15) is 17.4 Å². The van der Waals surface area contributed by atoms with Crippen molar-refractivity contribution in [3.63, 3.8) is 0 Å². The van der Waals surface area contributed by atoms with Crippen molar-refractivity contribution in [3.05, 3.63) is 46.6 Å². The Bertz CT molecular complexity index is 585. The summed E-state index contributed by atoms with van der Waals surface area (Å²) in [7, 11) is 0. The lowest BCUT2D eigenvalue weighted by atomic mass is 10.3. The fourth-order valence-electron chi connectivity index (χ4n) is 1.38. The molecule has 0 aromatic carbocycles.